The molecule has 0 aliphatic rings. The Labute approximate surface area is 117 Å². The highest BCUT2D eigenvalue weighted by Gasteiger charge is 2.36. The minimum Gasteiger partial charge on any atom is -0.465 e. The summed E-state index contributed by atoms with van der Waals surface area (Å²) in [5.74, 6) is -2.20. The molecule has 19 heavy (non-hydrogen) atoms. The van der Waals surface area contributed by atoms with Gasteiger partial charge in [-0.3, -0.25) is 10.1 Å². The first-order chi connectivity index (χ1) is 8.65. The maximum absolute atomic E-state index is 12.1. The molecule has 0 N–H and O–H groups in total. The fourth-order valence-electron chi connectivity index (χ4n) is 1.03. The monoisotopic (exact) mass is 392 g/mol. The number of hydrogen-bond acceptors (Lipinski definition) is 6. The van der Waals surface area contributed by atoms with Crippen molar-refractivity contribution >= 4 is 34.2 Å². The number of nitrogens with zero attached hydrogens (tertiary/aromatic N) is 2. The van der Waals surface area contributed by atoms with Crippen LogP contribution in [0.5, 0.6) is 5.88 Å². The van der Waals surface area contributed by atoms with Crippen molar-refractivity contribution in [2.75, 3.05) is 7.11 Å². The van der Waals surface area contributed by atoms with Crippen molar-refractivity contribution in [1.29, 1.82) is 0 Å². The molecule has 1 aromatic rings. The van der Waals surface area contributed by atoms with Crippen molar-refractivity contribution in [2.24, 2.45) is 0 Å². The van der Waals surface area contributed by atoms with Crippen LogP contribution in [0.3, 0.4) is 0 Å². The first-order valence-corrected chi connectivity index (χ1v) is 5.42. The Kier molecular flexibility index (Phi) is 4.49. The quantitative estimate of drug-likeness (QED) is 0.258. The van der Waals surface area contributed by atoms with Gasteiger partial charge in [-0.05, 0) is 22.6 Å². The number of methoxy groups -OCH3 is 1. The number of ether oxygens (including phenoxy) is 2. The molecule has 1 heterocycles. The topological polar surface area (TPSA) is 91.6 Å². The van der Waals surface area contributed by atoms with Gasteiger partial charge in [-0.2, -0.15) is 0 Å². The van der Waals surface area contributed by atoms with Gasteiger partial charge in [0.2, 0.25) is 0 Å². The van der Waals surface area contributed by atoms with E-state index in [4.69, 9.17) is 0 Å². The number of carbonyl (C=O) groups excluding carboxylic acids is 1. The number of pyridine rings is 1. The van der Waals surface area contributed by atoms with Crippen LogP contribution in [0.4, 0.5) is 18.9 Å². The molecule has 0 aliphatic carbocycles. The van der Waals surface area contributed by atoms with Crippen LogP contribution in [-0.4, -0.2) is 29.3 Å². The van der Waals surface area contributed by atoms with E-state index in [0.717, 1.165) is 7.11 Å². The Balaban J connectivity index is 3.37. The summed E-state index contributed by atoms with van der Waals surface area (Å²) in [6, 6.07) is 0.613. The molecule has 0 saturated carbocycles. The highest BCUT2D eigenvalue weighted by atomic mass is 127. The summed E-state index contributed by atoms with van der Waals surface area (Å²) in [5.41, 5.74) is -1.41. The molecule has 0 aliphatic heterocycles. The summed E-state index contributed by atoms with van der Waals surface area (Å²) in [6.07, 6.45) is -5.13. The number of rotatable bonds is 3. The zero-order valence-electron chi connectivity index (χ0n) is 9.02. The van der Waals surface area contributed by atoms with E-state index in [2.05, 4.69) is 14.5 Å². The average Bonchev–Trinajstić information content (AvgIpc) is 2.25. The maximum atomic E-state index is 12.1. The minimum absolute atomic E-state index is 0.214. The van der Waals surface area contributed by atoms with Crippen LogP contribution in [0.1, 0.15) is 10.4 Å². The Morgan fingerprint density at radius 2 is 2.11 bits per heavy atom. The lowest BCUT2D eigenvalue weighted by molar-refractivity contribution is -0.389. The molecular weight excluding hydrogens is 388 g/mol. The van der Waals surface area contributed by atoms with Crippen LogP contribution in [-0.2, 0) is 4.74 Å². The fourth-order valence-corrected chi connectivity index (χ4v) is 1.63. The molecule has 0 unspecified atom stereocenters. The molecule has 1 aromatic heterocycles. The van der Waals surface area contributed by atoms with E-state index in [1.54, 1.807) is 0 Å². The molecule has 11 heteroatoms. The first-order valence-electron chi connectivity index (χ1n) is 4.34. The van der Waals surface area contributed by atoms with Crippen LogP contribution in [0.25, 0.3) is 0 Å². The lowest BCUT2D eigenvalue weighted by Crippen LogP contribution is -2.20. The van der Waals surface area contributed by atoms with Gasteiger partial charge >= 0.3 is 23.9 Å². The minimum atomic E-state index is -5.13. The van der Waals surface area contributed by atoms with Gasteiger partial charge in [0.25, 0.3) is 0 Å². The first kappa shape index (κ1) is 15.4. The van der Waals surface area contributed by atoms with Gasteiger partial charge in [-0.25, -0.2) is 9.78 Å². The Bertz CT molecular complexity index is 534. The number of halogens is 4. The van der Waals surface area contributed by atoms with E-state index < -0.39 is 28.8 Å². The molecule has 0 amide bonds. The second kappa shape index (κ2) is 5.54. The van der Waals surface area contributed by atoms with Crippen molar-refractivity contribution in [3.05, 3.63) is 25.4 Å². The van der Waals surface area contributed by atoms with Crippen LogP contribution < -0.4 is 4.74 Å². The predicted molar refractivity (Wildman–Crippen MR) is 61.6 cm³/mol. The van der Waals surface area contributed by atoms with Gasteiger partial charge < -0.3 is 9.47 Å². The second-order valence-corrected chi connectivity index (χ2v) is 3.97. The van der Waals surface area contributed by atoms with Crippen molar-refractivity contribution < 1.29 is 32.4 Å². The van der Waals surface area contributed by atoms with Gasteiger partial charge in [0.1, 0.15) is 3.70 Å². The number of nitro groups is 1. The summed E-state index contributed by atoms with van der Waals surface area (Å²) in [4.78, 5) is 24.0. The standard InChI is InChI=1S/C8H4F3IN2O5/c1-18-7(15)3-2-4(14(16)17)6(13-5(3)12)19-8(9,10)11/h2H,1H3. The van der Waals surface area contributed by atoms with E-state index in [-0.39, 0.29) is 9.26 Å². The molecule has 0 radical (unpaired) electrons. The molecule has 0 saturated heterocycles. The van der Waals surface area contributed by atoms with Crippen molar-refractivity contribution in [1.82, 2.24) is 4.98 Å². The van der Waals surface area contributed by atoms with E-state index in [1.165, 1.54) is 22.6 Å². The lowest BCUT2D eigenvalue weighted by Gasteiger charge is -2.09. The molecule has 0 fully saturated rings. The molecule has 7 nitrogen and oxygen atoms in total. The SMILES string of the molecule is COC(=O)c1cc([N+](=O)[O-])c(OC(F)(F)F)nc1I. The number of esters is 1. The Morgan fingerprint density at radius 1 is 1.53 bits per heavy atom. The highest BCUT2D eigenvalue weighted by Crippen LogP contribution is 2.32. The number of alkyl halides is 3. The smallest absolute Gasteiger partial charge is 0.465 e. The van der Waals surface area contributed by atoms with Crippen molar-refractivity contribution in [3.8, 4) is 5.88 Å². The van der Waals surface area contributed by atoms with Crippen molar-refractivity contribution in [2.45, 2.75) is 6.36 Å². The van der Waals surface area contributed by atoms with Gasteiger partial charge in [-0.1, -0.05) is 0 Å². The largest absolute Gasteiger partial charge is 0.574 e. The molecule has 0 spiro atoms. The summed E-state index contributed by atoms with van der Waals surface area (Å²) in [6.45, 7) is 0. The van der Waals surface area contributed by atoms with Gasteiger partial charge in [0.05, 0.1) is 17.6 Å². The molecule has 104 valence electrons. The predicted octanol–water partition coefficient (Wildman–Crippen LogP) is 2.28. The van der Waals surface area contributed by atoms with Crippen LogP contribution in [0.15, 0.2) is 6.07 Å². The molecule has 1 rings (SSSR count). The zero-order chi connectivity index (χ0) is 14.8. The number of carbonyl (C=O) groups is 1. The van der Waals surface area contributed by atoms with Crippen LogP contribution in [0, 0.1) is 13.8 Å². The Morgan fingerprint density at radius 3 is 2.53 bits per heavy atom. The summed E-state index contributed by atoms with van der Waals surface area (Å²) in [7, 11) is 1.02. The van der Waals surface area contributed by atoms with Gasteiger partial charge in [0, 0.05) is 6.07 Å². The third-order valence-corrected chi connectivity index (χ3v) is 2.56. The van der Waals surface area contributed by atoms with Crippen LogP contribution >= 0.6 is 22.6 Å². The molecule has 0 aromatic carbocycles. The third kappa shape index (κ3) is 3.90. The third-order valence-electron chi connectivity index (χ3n) is 1.74. The summed E-state index contributed by atoms with van der Waals surface area (Å²) < 4.78 is 43.7. The maximum Gasteiger partial charge on any atom is 0.574 e. The average molecular weight is 392 g/mol. The lowest BCUT2D eigenvalue weighted by atomic mass is 10.2. The highest BCUT2D eigenvalue weighted by molar-refractivity contribution is 14.1. The second-order valence-electron chi connectivity index (χ2n) is 2.95. The fraction of sp³-hybridized carbons (Fsp3) is 0.250. The normalized spacial score (nSPS) is 11.0. The molecule has 0 bridgehead atoms. The van der Waals surface area contributed by atoms with Gasteiger partial charge in [0.15, 0.2) is 0 Å². The Hall–Kier alpha value is -1.66. The van der Waals surface area contributed by atoms with E-state index in [1.807, 2.05) is 0 Å². The van der Waals surface area contributed by atoms with E-state index in [9.17, 15) is 28.1 Å². The molecular formula is C8H4F3IN2O5. The number of hydrogen-bond donors (Lipinski definition) is 0. The zero-order valence-corrected chi connectivity index (χ0v) is 11.2. The van der Waals surface area contributed by atoms with Crippen molar-refractivity contribution in [3.63, 3.8) is 0 Å². The van der Waals surface area contributed by atoms with Crippen LogP contribution in [0.2, 0.25) is 0 Å². The summed E-state index contributed by atoms with van der Waals surface area (Å²) >= 11 is 1.43. The number of aromatic nitrogens is 1. The summed E-state index contributed by atoms with van der Waals surface area (Å²) in [5, 5.41) is 10.6. The molecule has 0 atom stereocenters. The van der Waals surface area contributed by atoms with E-state index >= 15 is 0 Å². The van der Waals surface area contributed by atoms with Gasteiger partial charge in [-0.15, -0.1) is 13.2 Å². The van der Waals surface area contributed by atoms with E-state index in [0.29, 0.717) is 6.07 Å².